The average Bonchev–Trinajstić information content (AvgIpc) is 2.73. The lowest BCUT2D eigenvalue weighted by molar-refractivity contribution is -0.132. The fourth-order valence-corrected chi connectivity index (χ4v) is 1.94. The van der Waals surface area contributed by atoms with Crippen molar-refractivity contribution in [1.29, 1.82) is 0 Å². The summed E-state index contributed by atoms with van der Waals surface area (Å²) in [5.41, 5.74) is 1.17. The molecule has 0 bridgehead atoms. The van der Waals surface area contributed by atoms with Gasteiger partial charge < -0.3 is 15.5 Å². The quantitative estimate of drug-likeness (QED) is 0.715. The summed E-state index contributed by atoms with van der Waals surface area (Å²) >= 11 is 0. The molecule has 0 radical (unpaired) electrons. The molecule has 1 saturated heterocycles. The molecule has 1 heterocycles. The molecular formula is C13H14N2O4. The first-order chi connectivity index (χ1) is 8.90. The van der Waals surface area contributed by atoms with Gasteiger partial charge in [0.25, 0.3) is 0 Å². The number of nitrogens with zero attached hydrogens (tertiary/aromatic N) is 1. The van der Waals surface area contributed by atoms with Gasteiger partial charge in [0.2, 0.25) is 0 Å². The number of amides is 2. The molecule has 100 valence electrons. The molecule has 6 heteroatoms. The molecule has 1 fully saturated rings. The van der Waals surface area contributed by atoms with Crippen molar-refractivity contribution in [3.63, 3.8) is 0 Å². The SMILES string of the molecule is C=C(C(=O)O)C1CN(c2cc(C)ccc2O)C(=O)N1. The summed E-state index contributed by atoms with van der Waals surface area (Å²) in [6, 6.07) is 3.77. The molecule has 6 nitrogen and oxygen atoms in total. The molecule has 2 amide bonds. The normalized spacial score (nSPS) is 18.3. The van der Waals surface area contributed by atoms with Gasteiger partial charge in [-0.15, -0.1) is 0 Å². The number of urea groups is 1. The van der Waals surface area contributed by atoms with E-state index in [1.165, 1.54) is 11.0 Å². The Morgan fingerprint density at radius 3 is 2.84 bits per heavy atom. The van der Waals surface area contributed by atoms with Crippen LogP contribution in [0.2, 0.25) is 0 Å². The Hall–Kier alpha value is -2.50. The Labute approximate surface area is 110 Å². The molecule has 1 aromatic carbocycles. The number of carbonyl (C=O) groups excluding carboxylic acids is 1. The fourth-order valence-electron chi connectivity index (χ4n) is 1.94. The number of aromatic hydroxyl groups is 1. The van der Waals surface area contributed by atoms with Crippen molar-refractivity contribution in [3.8, 4) is 5.75 Å². The van der Waals surface area contributed by atoms with Gasteiger partial charge in [0, 0.05) is 0 Å². The molecule has 0 aliphatic carbocycles. The summed E-state index contributed by atoms with van der Waals surface area (Å²) in [5, 5.41) is 21.2. The Morgan fingerprint density at radius 1 is 1.53 bits per heavy atom. The van der Waals surface area contributed by atoms with Crippen molar-refractivity contribution in [2.75, 3.05) is 11.4 Å². The van der Waals surface area contributed by atoms with Gasteiger partial charge in [-0.25, -0.2) is 9.59 Å². The van der Waals surface area contributed by atoms with Crippen molar-refractivity contribution >= 4 is 17.7 Å². The number of hydrogen-bond donors (Lipinski definition) is 3. The van der Waals surface area contributed by atoms with E-state index in [2.05, 4.69) is 11.9 Å². The maximum absolute atomic E-state index is 11.8. The predicted molar refractivity (Wildman–Crippen MR) is 69.3 cm³/mol. The number of benzene rings is 1. The highest BCUT2D eigenvalue weighted by Crippen LogP contribution is 2.30. The number of phenols is 1. The first-order valence-corrected chi connectivity index (χ1v) is 5.70. The van der Waals surface area contributed by atoms with Gasteiger partial charge in [-0.05, 0) is 24.6 Å². The summed E-state index contributed by atoms with van der Waals surface area (Å²) in [6.07, 6.45) is 0. The molecule has 3 N–H and O–H groups in total. The van der Waals surface area contributed by atoms with Crippen LogP contribution in [0.4, 0.5) is 10.5 Å². The number of carboxylic acids is 1. The maximum Gasteiger partial charge on any atom is 0.333 e. The molecule has 2 rings (SSSR count). The van der Waals surface area contributed by atoms with Gasteiger partial charge in [-0.3, -0.25) is 4.90 Å². The third-order valence-corrected chi connectivity index (χ3v) is 3.03. The largest absolute Gasteiger partial charge is 0.506 e. The lowest BCUT2D eigenvalue weighted by atomic mass is 10.1. The van der Waals surface area contributed by atoms with E-state index < -0.39 is 18.0 Å². The third kappa shape index (κ3) is 2.37. The second-order valence-corrected chi connectivity index (χ2v) is 4.44. The number of carbonyl (C=O) groups is 2. The second-order valence-electron chi connectivity index (χ2n) is 4.44. The monoisotopic (exact) mass is 262 g/mol. The highest BCUT2D eigenvalue weighted by atomic mass is 16.4. The van der Waals surface area contributed by atoms with Gasteiger partial charge in [0.15, 0.2) is 0 Å². The summed E-state index contributed by atoms with van der Waals surface area (Å²) < 4.78 is 0. The minimum Gasteiger partial charge on any atom is -0.506 e. The lowest BCUT2D eigenvalue weighted by Crippen LogP contribution is -2.31. The van der Waals surface area contributed by atoms with E-state index in [0.29, 0.717) is 5.69 Å². The Balaban J connectivity index is 2.27. The number of nitrogens with one attached hydrogen (secondary N) is 1. The predicted octanol–water partition coefficient (Wildman–Crippen LogP) is 1.24. The first kappa shape index (κ1) is 12.9. The van der Waals surface area contributed by atoms with Crippen LogP contribution in [0, 0.1) is 6.92 Å². The molecule has 1 unspecified atom stereocenters. The van der Waals surface area contributed by atoms with Crippen LogP contribution >= 0.6 is 0 Å². The van der Waals surface area contributed by atoms with Gasteiger partial charge in [0.1, 0.15) is 5.75 Å². The van der Waals surface area contributed by atoms with Crippen molar-refractivity contribution in [2.45, 2.75) is 13.0 Å². The highest BCUT2D eigenvalue weighted by Gasteiger charge is 2.34. The van der Waals surface area contributed by atoms with Gasteiger partial charge in [-0.1, -0.05) is 12.6 Å². The highest BCUT2D eigenvalue weighted by molar-refractivity contribution is 5.99. The van der Waals surface area contributed by atoms with Crippen LogP contribution < -0.4 is 10.2 Å². The minimum absolute atomic E-state index is 0.0256. The van der Waals surface area contributed by atoms with E-state index in [4.69, 9.17) is 5.11 Å². The number of rotatable bonds is 3. The molecule has 1 aliphatic heterocycles. The molecule has 1 atom stereocenters. The number of hydrogen-bond acceptors (Lipinski definition) is 3. The molecule has 0 aromatic heterocycles. The van der Waals surface area contributed by atoms with E-state index in [0.717, 1.165) is 5.56 Å². The van der Waals surface area contributed by atoms with Crippen LogP contribution in [0.3, 0.4) is 0 Å². The summed E-state index contributed by atoms with van der Waals surface area (Å²) in [6.45, 7) is 5.40. The number of anilines is 1. The number of aliphatic carboxylic acids is 1. The Bertz CT molecular complexity index is 568. The first-order valence-electron chi connectivity index (χ1n) is 5.70. The van der Waals surface area contributed by atoms with Gasteiger partial charge >= 0.3 is 12.0 Å². The van der Waals surface area contributed by atoms with E-state index in [1.807, 2.05) is 6.92 Å². The van der Waals surface area contributed by atoms with Crippen LogP contribution in [0.15, 0.2) is 30.4 Å². The topological polar surface area (TPSA) is 89.9 Å². The molecule has 19 heavy (non-hydrogen) atoms. The summed E-state index contributed by atoms with van der Waals surface area (Å²) in [5.74, 6) is -1.18. The standard InChI is InChI=1S/C13H14N2O4/c1-7-3-4-11(16)10(5-7)15-6-9(14-13(15)19)8(2)12(17)18/h3-5,9,16H,2,6H2,1H3,(H,14,19)(H,17,18). The van der Waals surface area contributed by atoms with E-state index in [-0.39, 0.29) is 17.9 Å². The zero-order valence-corrected chi connectivity index (χ0v) is 10.4. The Kier molecular flexibility index (Phi) is 3.16. The average molecular weight is 262 g/mol. The van der Waals surface area contributed by atoms with E-state index in [9.17, 15) is 14.7 Å². The van der Waals surface area contributed by atoms with Crippen molar-refractivity contribution in [1.82, 2.24) is 5.32 Å². The van der Waals surface area contributed by atoms with Crippen molar-refractivity contribution < 1.29 is 19.8 Å². The molecule has 1 aliphatic rings. The molecule has 1 aromatic rings. The second kappa shape index (κ2) is 4.64. The van der Waals surface area contributed by atoms with Crippen LogP contribution in [0.1, 0.15) is 5.56 Å². The molecule has 0 saturated carbocycles. The molecule has 0 spiro atoms. The molecular weight excluding hydrogens is 248 g/mol. The van der Waals surface area contributed by atoms with Crippen LogP contribution in [-0.4, -0.2) is 34.8 Å². The number of carboxylic acid groups (broad SMARTS) is 1. The third-order valence-electron chi connectivity index (χ3n) is 3.03. The zero-order valence-electron chi connectivity index (χ0n) is 10.4. The van der Waals surface area contributed by atoms with Crippen LogP contribution in [0.5, 0.6) is 5.75 Å². The van der Waals surface area contributed by atoms with Crippen molar-refractivity contribution in [2.24, 2.45) is 0 Å². The zero-order chi connectivity index (χ0) is 14.2. The van der Waals surface area contributed by atoms with Crippen LogP contribution in [-0.2, 0) is 4.79 Å². The van der Waals surface area contributed by atoms with E-state index >= 15 is 0 Å². The maximum atomic E-state index is 11.8. The number of phenolic OH excluding ortho intramolecular Hbond substituents is 1. The smallest absolute Gasteiger partial charge is 0.333 e. The van der Waals surface area contributed by atoms with Crippen LogP contribution in [0.25, 0.3) is 0 Å². The summed E-state index contributed by atoms with van der Waals surface area (Å²) in [4.78, 5) is 24.0. The fraction of sp³-hybridized carbons (Fsp3) is 0.231. The van der Waals surface area contributed by atoms with Gasteiger partial charge in [0.05, 0.1) is 23.8 Å². The summed E-state index contributed by atoms with van der Waals surface area (Å²) in [7, 11) is 0. The lowest BCUT2D eigenvalue weighted by Gasteiger charge is -2.16. The Morgan fingerprint density at radius 2 is 2.21 bits per heavy atom. The van der Waals surface area contributed by atoms with Crippen molar-refractivity contribution in [3.05, 3.63) is 35.9 Å². The number of aryl methyl sites for hydroxylation is 1. The van der Waals surface area contributed by atoms with Gasteiger partial charge in [-0.2, -0.15) is 0 Å². The van der Waals surface area contributed by atoms with E-state index in [1.54, 1.807) is 12.1 Å². The minimum atomic E-state index is -1.15.